The van der Waals surface area contributed by atoms with Crippen LogP contribution in [0.3, 0.4) is 0 Å². The normalized spacial score (nSPS) is 17.9. The van der Waals surface area contributed by atoms with Crippen molar-refractivity contribution in [3.05, 3.63) is 59.8 Å². The first-order chi connectivity index (χ1) is 12.3. The molecule has 0 aliphatic carbocycles. The van der Waals surface area contributed by atoms with Gasteiger partial charge in [-0.15, -0.1) is 0 Å². The standard InChI is InChI=1S/C20H25N3O2/c1-25-20-18(11-7-12-21-20)19(24)22-14-17-10-5-6-13-23(17)15-16-8-3-2-4-9-16/h2-4,7-9,11-12,17H,5-6,10,13-15H2,1H3,(H,22,24)/t17-/m0/s1. The molecule has 2 heterocycles. The van der Waals surface area contributed by atoms with Crippen molar-refractivity contribution >= 4 is 5.91 Å². The lowest BCUT2D eigenvalue weighted by Crippen LogP contribution is -2.46. The van der Waals surface area contributed by atoms with E-state index >= 15 is 0 Å². The van der Waals surface area contributed by atoms with E-state index in [1.807, 2.05) is 6.07 Å². The minimum Gasteiger partial charge on any atom is -0.480 e. The molecule has 1 amide bonds. The van der Waals surface area contributed by atoms with Crippen LogP contribution in [-0.4, -0.2) is 42.0 Å². The summed E-state index contributed by atoms with van der Waals surface area (Å²) in [6.45, 7) is 2.65. The maximum Gasteiger partial charge on any atom is 0.256 e. The van der Waals surface area contributed by atoms with Crippen LogP contribution in [0.25, 0.3) is 0 Å². The van der Waals surface area contributed by atoms with Crippen molar-refractivity contribution in [2.75, 3.05) is 20.2 Å². The summed E-state index contributed by atoms with van der Waals surface area (Å²) in [5, 5.41) is 3.06. The Hall–Kier alpha value is -2.40. The maximum atomic E-state index is 12.5. The van der Waals surface area contributed by atoms with E-state index in [1.165, 1.54) is 25.5 Å². The van der Waals surface area contributed by atoms with Crippen LogP contribution in [0.1, 0.15) is 35.2 Å². The van der Waals surface area contributed by atoms with E-state index in [4.69, 9.17) is 4.74 Å². The number of amides is 1. The molecule has 5 nitrogen and oxygen atoms in total. The van der Waals surface area contributed by atoms with Crippen molar-refractivity contribution in [3.8, 4) is 5.88 Å². The largest absolute Gasteiger partial charge is 0.480 e. The molecule has 0 saturated carbocycles. The van der Waals surface area contributed by atoms with E-state index in [0.717, 1.165) is 19.5 Å². The van der Waals surface area contributed by atoms with E-state index in [-0.39, 0.29) is 5.91 Å². The number of benzene rings is 1. The highest BCUT2D eigenvalue weighted by Gasteiger charge is 2.23. The lowest BCUT2D eigenvalue weighted by molar-refractivity contribution is 0.0904. The summed E-state index contributed by atoms with van der Waals surface area (Å²) in [6.07, 6.45) is 5.16. The zero-order valence-corrected chi connectivity index (χ0v) is 14.6. The summed E-state index contributed by atoms with van der Waals surface area (Å²) >= 11 is 0. The summed E-state index contributed by atoms with van der Waals surface area (Å²) in [7, 11) is 1.53. The molecule has 5 heteroatoms. The molecule has 0 unspecified atom stereocenters. The van der Waals surface area contributed by atoms with Gasteiger partial charge >= 0.3 is 0 Å². The van der Waals surface area contributed by atoms with Crippen molar-refractivity contribution in [2.45, 2.75) is 31.8 Å². The fraction of sp³-hybridized carbons (Fsp3) is 0.400. The van der Waals surface area contributed by atoms with Gasteiger partial charge in [-0.05, 0) is 37.1 Å². The van der Waals surface area contributed by atoms with Crippen molar-refractivity contribution in [3.63, 3.8) is 0 Å². The predicted molar refractivity (Wildman–Crippen MR) is 97.6 cm³/mol. The van der Waals surface area contributed by atoms with E-state index in [0.29, 0.717) is 24.0 Å². The lowest BCUT2D eigenvalue weighted by atomic mass is 10.0. The average molecular weight is 339 g/mol. The molecule has 25 heavy (non-hydrogen) atoms. The van der Waals surface area contributed by atoms with Crippen LogP contribution in [0.4, 0.5) is 0 Å². The number of nitrogens with one attached hydrogen (secondary N) is 1. The molecule has 3 rings (SSSR count). The number of piperidine rings is 1. The predicted octanol–water partition coefficient (Wildman–Crippen LogP) is 2.87. The fourth-order valence-corrected chi connectivity index (χ4v) is 3.35. The van der Waals surface area contributed by atoms with Gasteiger partial charge in [0.1, 0.15) is 5.56 Å². The number of aromatic nitrogens is 1. The second kappa shape index (κ2) is 8.62. The first-order valence-corrected chi connectivity index (χ1v) is 8.83. The zero-order chi connectivity index (χ0) is 17.5. The molecule has 1 atom stereocenters. The van der Waals surface area contributed by atoms with Gasteiger partial charge in [0.15, 0.2) is 0 Å². The molecule has 1 aromatic carbocycles. The summed E-state index contributed by atoms with van der Waals surface area (Å²) in [4.78, 5) is 19.0. The first kappa shape index (κ1) is 17.4. The zero-order valence-electron chi connectivity index (χ0n) is 14.6. The van der Waals surface area contributed by atoms with Crippen LogP contribution < -0.4 is 10.1 Å². The average Bonchev–Trinajstić information content (AvgIpc) is 2.68. The SMILES string of the molecule is COc1ncccc1C(=O)NC[C@@H]1CCCCN1Cc1ccccc1. The molecular formula is C20H25N3O2. The van der Waals surface area contributed by atoms with Crippen molar-refractivity contribution in [1.29, 1.82) is 0 Å². The van der Waals surface area contributed by atoms with E-state index in [1.54, 1.807) is 18.3 Å². The van der Waals surface area contributed by atoms with Crippen LogP contribution in [0.2, 0.25) is 0 Å². The van der Waals surface area contributed by atoms with Gasteiger partial charge in [0.05, 0.1) is 7.11 Å². The highest BCUT2D eigenvalue weighted by molar-refractivity contribution is 5.96. The Balaban J connectivity index is 1.61. The molecule has 0 spiro atoms. The quantitative estimate of drug-likeness (QED) is 0.879. The second-order valence-electron chi connectivity index (χ2n) is 6.38. The number of ether oxygens (including phenoxy) is 1. The monoisotopic (exact) mass is 339 g/mol. The Morgan fingerprint density at radius 2 is 2.08 bits per heavy atom. The molecule has 1 fully saturated rings. The molecular weight excluding hydrogens is 314 g/mol. The lowest BCUT2D eigenvalue weighted by Gasteiger charge is -2.36. The number of pyridine rings is 1. The van der Waals surface area contributed by atoms with Gasteiger partial charge in [0, 0.05) is 25.3 Å². The van der Waals surface area contributed by atoms with Gasteiger partial charge < -0.3 is 10.1 Å². The Morgan fingerprint density at radius 3 is 2.88 bits per heavy atom. The molecule has 1 aliphatic heterocycles. The Morgan fingerprint density at radius 1 is 1.24 bits per heavy atom. The highest BCUT2D eigenvalue weighted by atomic mass is 16.5. The summed E-state index contributed by atoms with van der Waals surface area (Å²) in [6, 6.07) is 14.4. The number of nitrogens with zero attached hydrogens (tertiary/aromatic N) is 2. The van der Waals surface area contributed by atoms with Gasteiger partial charge in [-0.1, -0.05) is 36.8 Å². The Bertz CT molecular complexity index is 690. The van der Waals surface area contributed by atoms with Crippen LogP contribution in [0, 0.1) is 0 Å². The van der Waals surface area contributed by atoms with Crippen LogP contribution in [-0.2, 0) is 6.54 Å². The third-order valence-corrected chi connectivity index (χ3v) is 4.68. The smallest absolute Gasteiger partial charge is 0.256 e. The van der Waals surface area contributed by atoms with E-state index in [2.05, 4.69) is 39.5 Å². The number of carbonyl (C=O) groups is 1. The van der Waals surface area contributed by atoms with Crippen molar-refractivity contribution in [1.82, 2.24) is 15.2 Å². The summed E-state index contributed by atoms with van der Waals surface area (Å²) in [5.41, 5.74) is 1.80. The van der Waals surface area contributed by atoms with Crippen molar-refractivity contribution < 1.29 is 9.53 Å². The van der Waals surface area contributed by atoms with E-state index < -0.39 is 0 Å². The molecule has 1 saturated heterocycles. The molecule has 132 valence electrons. The van der Waals surface area contributed by atoms with Gasteiger partial charge in [-0.3, -0.25) is 9.69 Å². The number of carbonyl (C=O) groups excluding carboxylic acids is 1. The Kier molecular flexibility index (Phi) is 6.01. The fourth-order valence-electron chi connectivity index (χ4n) is 3.35. The van der Waals surface area contributed by atoms with E-state index in [9.17, 15) is 4.79 Å². The topological polar surface area (TPSA) is 54.5 Å². The third-order valence-electron chi connectivity index (χ3n) is 4.68. The molecule has 2 aromatic rings. The Labute approximate surface area is 149 Å². The van der Waals surface area contributed by atoms with Crippen molar-refractivity contribution in [2.24, 2.45) is 0 Å². The number of hydrogen-bond acceptors (Lipinski definition) is 4. The van der Waals surface area contributed by atoms with Crippen LogP contribution in [0.15, 0.2) is 48.7 Å². The number of rotatable bonds is 6. The second-order valence-corrected chi connectivity index (χ2v) is 6.38. The first-order valence-electron chi connectivity index (χ1n) is 8.83. The highest BCUT2D eigenvalue weighted by Crippen LogP contribution is 2.20. The van der Waals surface area contributed by atoms with Gasteiger partial charge in [-0.25, -0.2) is 4.98 Å². The minimum atomic E-state index is -0.129. The van der Waals surface area contributed by atoms with Gasteiger partial charge in [-0.2, -0.15) is 0 Å². The summed E-state index contributed by atoms with van der Waals surface area (Å²) < 4.78 is 5.18. The summed E-state index contributed by atoms with van der Waals surface area (Å²) in [5.74, 6) is 0.236. The molecule has 0 bridgehead atoms. The number of hydrogen-bond donors (Lipinski definition) is 1. The van der Waals surface area contributed by atoms with Gasteiger partial charge in [0.2, 0.25) is 5.88 Å². The van der Waals surface area contributed by atoms with Gasteiger partial charge in [0.25, 0.3) is 5.91 Å². The third kappa shape index (κ3) is 4.57. The molecule has 1 aromatic heterocycles. The molecule has 1 aliphatic rings. The number of methoxy groups -OCH3 is 1. The van der Waals surface area contributed by atoms with Crippen LogP contribution in [0.5, 0.6) is 5.88 Å². The maximum absolute atomic E-state index is 12.5. The molecule has 1 N–H and O–H groups in total. The molecule has 0 radical (unpaired) electrons. The minimum absolute atomic E-state index is 0.129. The van der Waals surface area contributed by atoms with Crippen LogP contribution >= 0.6 is 0 Å². The number of likely N-dealkylation sites (tertiary alicyclic amines) is 1.